The van der Waals surface area contributed by atoms with Crippen LogP contribution in [0.25, 0.3) is 11.0 Å². The standard InChI is InChI=1S/C18H15BrO2/c1-2-12-6-8-13(9-7-12)10-16(20)17-11-14-4-3-5-15(19)18(14)21-17/h3-9,11H,2,10H2,1H3. The maximum absolute atomic E-state index is 12.3. The summed E-state index contributed by atoms with van der Waals surface area (Å²) < 4.78 is 6.55. The van der Waals surface area contributed by atoms with Gasteiger partial charge in [-0.2, -0.15) is 0 Å². The molecule has 21 heavy (non-hydrogen) atoms. The number of aryl methyl sites for hydroxylation is 1. The number of halogens is 1. The lowest BCUT2D eigenvalue weighted by Crippen LogP contribution is -2.02. The predicted octanol–water partition coefficient (Wildman–Crippen LogP) is 5.18. The zero-order valence-electron chi connectivity index (χ0n) is 11.7. The van der Waals surface area contributed by atoms with Crippen molar-refractivity contribution in [1.82, 2.24) is 0 Å². The summed E-state index contributed by atoms with van der Waals surface area (Å²) in [6.07, 6.45) is 1.37. The highest BCUT2D eigenvalue weighted by atomic mass is 79.9. The van der Waals surface area contributed by atoms with Crippen molar-refractivity contribution in [3.05, 3.63) is 69.9 Å². The van der Waals surface area contributed by atoms with Crippen molar-refractivity contribution in [3.63, 3.8) is 0 Å². The second kappa shape index (κ2) is 5.86. The smallest absolute Gasteiger partial charge is 0.202 e. The molecule has 1 heterocycles. The maximum atomic E-state index is 12.3. The topological polar surface area (TPSA) is 30.2 Å². The Morgan fingerprint density at radius 3 is 2.48 bits per heavy atom. The van der Waals surface area contributed by atoms with Gasteiger partial charge in [0.2, 0.25) is 5.78 Å². The van der Waals surface area contributed by atoms with Crippen LogP contribution in [0.5, 0.6) is 0 Å². The van der Waals surface area contributed by atoms with Crippen LogP contribution in [0.4, 0.5) is 0 Å². The predicted molar refractivity (Wildman–Crippen MR) is 87.8 cm³/mol. The molecular weight excluding hydrogens is 328 g/mol. The van der Waals surface area contributed by atoms with Crippen molar-refractivity contribution >= 4 is 32.7 Å². The van der Waals surface area contributed by atoms with E-state index in [4.69, 9.17) is 4.42 Å². The Hall–Kier alpha value is -1.87. The highest BCUT2D eigenvalue weighted by molar-refractivity contribution is 9.10. The highest BCUT2D eigenvalue weighted by Gasteiger charge is 2.14. The molecule has 0 saturated heterocycles. The van der Waals surface area contributed by atoms with Crippen LogP contribution in [0.3, 0.4) is 0 Å². The number of rotatable bonds is 4. The normalized spacial score (nSPS) is 11.0. The van der Waals surface area contributed by atoms with Gasteiger partial charge < -0.3 is 4.42 Å². The molecule has 0 spiro atoms. The number of fused-ring (bicyclic) bond motifs is 1. The largest absolute Gasteiger partial charge is 0.452 e. The van der Waals surface area contributed by atoms with E-state index < -0.39 is 0 Å². The lowest BCUT2D eigenvalue weighted by atomic mass is 10.0. The Labute approximate surface area is 131 Å². The monoisotopic (exact) mass is 342 g/mol. The van der Waals surface area contributed by atoms with Gasteiger partial charge in [0.1, 0.15) is 5.58 Å². The molecule has 0 bridgehead atoms. The molecule has 0 atom stereocenters. The minimum Gasteiger partial charge on any atom is -0.452 e. The van der Waals surface area contributed by atoms with Crippen molar-refractivity contribution in [1.29, 1.82) is 0 Å². The van der Waals surface area contributed by atoms with E-state index in [1.54, 1.807) is 0 Å². The quantitative estimate of drug-likeness (QED) is 0.611. The molecule has 0 N–H and O–H groups in total. The van der Waals surface area contributed by atoms with E-state index in [9.17, 15) is 4.79 Å². The van der Waals surface area contributed by atoms with E-state index in [0.29, 0.717) is 12.2 Å². The first-order valence-corrected chi connectivity index (χ1v) is 7.75. The van der Waals surface area contributed by atoms with Gasteiger partial charge in [-0.05, 0) is 45.6 Å². The summed E-state index contributed by atoms with van der Waals surface area (Å²) in [6.45, 7) is 2.12. The molecule has 106 valence electrons. The molecule has 2 aromatic carbocycles. The minimum absolute atomic E-state index is 0.00217. The second-order valence-electron chi connectivity index (χ2n) is 5.04. The summed E-state index contributed by atoms with van der Waals surface area (Å²) >= 11 is 3.44. The number of Topliss-reactive ketones (excluding diaryl/α,β-unsaturated/α-hetero) is 1. The Morgan fingerprint density at radius 2 is 1.81 bits per heavy atom. The third kappa shape index (κ3) is 2.93. The van der Waals surface area contributed by atoms with Crippen LogP contribution in [0.2, 0.25) is 0 Å². The molecule has 0 amide bonds. The molecule has 3 heteroatoms. The number of benzene rings is 2. The van der Waals surface area contributed by atoms with Crippen molar-refractivity contribution in [2.45, 2.75) is 19.8 Å². The molecule has 0 saturated carbocycles. The van der Waals surface area contributed by atoms with Gasteiger partial charge in [0, 0.05) is 11.8 Å². The molecule has 3 rings (SSSR count). The van der Waals surface area contributed by atoms with Gasteiger partial charge in [-0.15, -0.1) is 0 Å². The summed E-state index contributed by atoms with van der Waals surface area (Å²) in [6, 6.07) is 15.7. The number of ketones is 1. The van der Waals surface area contributed by atoms with Gasteiger partial charge in [0.05, 0.1) is 4.47 Å². The van der Waals surface area contributed by atoms with Crippen molar-refractivity contribution in [2.24, 2.45) is 0 Å². The van der Waals surface area contributed by atoms with E-state index in [1.165, 1.54) is 5.56 Å². The molecule has 0 radical (unpaired) electrons. The van der Waals surface area contributed by atoms with Crippen molar-refractivity contribution in [3.8, 4) is 0 Å². The number of carbonyl (C=O) groups is 1. The fourth-order valence-corrected chi connectivity index (χ4v) is 2.79. The van der Waals surface area contributed by atoms with Crippen LogP contribution >= 0.6 is 15.9 Å². The molecule has 0 unspecified atom stereocenters. The average molecular weight is 343 g/mol. The van der Waals surface area contributed by atoms with Gasteiger partial charge in [-0.3, -0.25) is 4.79 Å². The number of hydrogen-bond acceptors (Lipinski definition) is 2. The number of hydrogen-bond donors (Lipinski definition) is 0. The fraction of sp³-hybridized carbons (Fsp3) is 0.167. The zero-order chi connectivity index (χ0) is 14.8. The summed E-state index contributed by atoms with van der Waals surface area (Å²) in [5, 5.41) is 0.939. The third-order valence-corrected chi connectivity index (χ3v) is 4.19. The Bertz CT molecular complexity index is 785. The average Bonchev–Trinajstić information content (AvgIpc) is 2.94. The van der Waals surface area contributed by atoms with Gasteiger partial charge in [0.15, 0.2) is 5.76 Å². The summed E-state index contributed by atoms with van der Waals surface area (Å²) in [5.41, 5.74) is 3.01. The van der Waals surface area contributed by atoms with E-state index in [1.807, 2.05) is 36.4 Å². The number of para-hydroxylation sites is 1. The van der Waals surface area contributed by atoms with Crippen LogP contribution < -0.4 is 0 Å². The molecular formula is C18H15BrO2. The Morgan fingerprint density at radius 1 is 1.10 bits per heavy atom. The second-order valence-corrected chi connectivity index (χ2v) is 5.89. The van der Waals surface area contributed by atoms with Crippen LogP contribution in [0.1, 0.15) is 28.6 Å². The number of furan rings is 1. The molecule has 0 aliphatic carbocycles. The first-order chi connectivity index (χ1) is 10.2. The van der Waals surface area contributed by atoms with Crippen molar-refractivity contribution in [2.75, 3.05) is 0 Å². The minimum atomic E-state index is 0.00217. The molecule has 0 aliphatic heterocycles. The Balaban J connectivity index is 1.84. The third-order valence-electron chi connectivity index (χ3n) is 3.57. The Kier molecular flexibility index (Phi) is 3.93. The first kappa shape index (κ1) is 14.1. The number of carbonyl (C=O) groups excluding carboxylic acids is 1. The SMILES string of the molecule is CCc1ccc(CC(=O)c2cc3cccc(Br)c3o2)cc1. The van der Waals surface area contributed by atoms with Crippen LogP contribution in [0, 0.1) is 0 Å². The lowest BCUT2D eigenvalue weighted by molar-refractivity contribution is 0.0968. The summed E-state index contributed by atoms with van der Waals surface area (Å²) in [5.74, 6) is 0.416. The molecule has 1 aromatic heterocycles. The van der Waals surface area contributed by atoms with E-state index in [2.05, 4.69) is 35.0 Å². The highest BCUT2D eigenvalue weighted by Crippen LogP contribution is 2.27. The van der Waals surface area contributed by atoms with Gasteiger partial charge in [-0.25, -0.2) is 0 Å². The van der Waals surface area contributed by atoms with Gasteiger partial charge in [0.25, 0.3) is 0 Å². The van der Waals surface area contributed by atoms with E-state index in [-0.39, 0.29) is 5.78 Å². The zero-order valence-corrected chi connectivity index (χ0v) is 13.3. The summed E-state index contributed by atoms with van der Waals surface area (Å²) in [4.78, 5) is 12.3. The van der Waals surface area contributed by atoms with E-state index >= 15 is 0 Å². The van der Waals surface area contributed by atoms with Crippen LogP contribution in [0.15, 0.2) is 57.4 Å². The molecule has 2 nitrogen and oxygen atoms in total. The molecule has 3 aromatic rings. The molecule has 0 fully saturated rings. The lowest BCUT2D eigenvalue weighted by Gasteiger charge is -2.01. The molecule has 0 aliphatic rings. The van der Waals surface area contributed by atoms with E-state index in [0.717, 1.165) is 27.4 Å². The van der Waals surface area contributed by atoms with Crippen LogP contribution in [-0.4, -0.2) is 5.78 Å². The first-order valence-electron chi connectivity index (χ1n) is 6.96. The van der Waals surface area contributed by atoms with Crippen molar-refractivity contribution < 1.29 is 9.21 Å². The van der Waals surface area contributed by atoms with Gasteiger partial charge >= 0.3 is 0 Å². The maximum Gasteiger partial charge on any atom is 0.202 e. The summed E-state index contributed by atoms with van der Waals surface area (Å²) in [7, 11) is 0. The van der Waals surface area contributed by atoms with Gasteiger partial charge in [-0.1, -0.05) is 43.3 Å². The van der Waals surface area contributed by atoms with Crippen LogP contribution in [-0.2, 0) is 12.8 Å². The fourth-order valence-electron chi connectivity index (χ4n) is 2.33.